The molecular formula is C19H20N2O4. The van der Waals surface area contributed by atoms with Crippen molar-refractivity contribution in [3.8, 4) is 11.5 Å². The number of carbonyl (C=O) groups is 2. The van der Waals surface area contributed by atoms with Gasteiger partial charge in [0.25, 0.3) is 5.91 Å². The molecule has 2 aromatic carbocycles. The summed E-state index contributed by atoms with van der Waals surface area (Å²) in [5.74, 6) is 0.844. The molecule has 1 N–H and O–H groups in total. The summed E-state index contributed by atoms with van der Waals surface area (Å²) in [5.41, 5.74) is 1.32. The van der Waals surface area contributed by atoms with Crippen LogP contribution in [-0.2, 0) is 9.59 Å². The molecule has 3 rings (SSSR count). The molecule has 0 bridgehead atoms. The van der Waals surface area contributed by atoms with Crippen LogP contribution in [0.15, 0.2) is 48.5 Å². The molecule has 130 valence electrons. The molecule has 0 fully saturated rings. The number of fused-ring (bicyclic) bond motifs is 1. The van der Waals surface area contributed by atoms with Crippen LogP contribution in [0.5, 0.6) is 11.5 Å². The summed E-state index contributed by atoms with van der Waals surface area (Å²) in [7, 11) is 1.59. The van der Waals surface area contributed by atoms with E-state index in [2.05, 4.69) is 5.32 Å². The summed E-state index contributed by atoms with van der Waals surface area (Å²) >= 11 is 0. The molecule has 1 heterocycles. The van der Waals surface area contributed by atoms with Gasteiger partial charge in [-0.15, -0.1) is 0 Å². The number of nitrogens with one attached hydrogen (secondary N) is 1. The Bertz CT molecular complexity index is 773. The molecule has 1 aliphatic heterocycles. The van der Waals surface area contributed by atoms with Gasteiger partial charge in [0, 0.05) is 0 Å². The summed E-state index contributed by atoms with van der Waals surface area (Å²) in [6.45, 7) is 1.86. The molecule has 1 atom stereocenters. The molecule has 1 aliphatic rings. The molecule has 25 heavy (non-hydrogen) atoms. The fraction of sp³-hybridized carbons (Fsp3) is 0.263. The maximum absolute atomic E-state index is 13.0. The molecule has 0 saturated heterocycles. The first-order valence-electron chi connectivity index (χ1n) is 8.13. The van der Waals surface area contributed by atoms with Crippen LogP contribution >= 0.6 is 0 Å². The second kappa shape index (κ2) is 7.25. The fourth-order valence-corrected chi connectivity index (χ4v) is 2.73. The summed E-state index contributed by atoms with van der Waals surface area (Å²) in [6.07, 6.45) is -0.183. The molecule has 0 aliphatic carbocycles. The summed E-state index contributed by atoms with van der Waals surface area (Å²) in [6, 6.07) is 14.3. The molecule has 0 aromatic heterocycles. The number of rotatable bonds is 5. The number of para-hydroxylation sites is 2. The van der Waals surface area contributed by atoms with E-state index in [9.17, 15) is 9.59 Å². The standard InChI is InChI=1S/C19H20N2O4/c1-3-17(25-14-10-8-13(24-2)9-11-14)19(23)21-12-18(22)20-15-6-4-5-7-16(15)21/h4-11,17H,3,12H2,1-2H3,(H,20,22). The molecule has 0 radical (unpaired) electrons. The lowest BCUT2D eigenvalue weighted by molar-refractivity contribution is -0.127. The van der Waals surface area contributed by atoms with Crippen molar-refractivity contribution in [2.75, 3.05) is 23.9 Å². The van der Waals surface area contributed by atoms with Crippen LogP contribution in [0.1, 0.15) is 13.3 Å². The van der Waals surface area contributed by atoms with E-state index in [0.29, 0.717) is 29.3 Å². The zero-order chi connectivity index (χ0) is 17.8. The van der Waals surface area contributed by atoms with Crippen molar-refractivity contribution in [1.82, 2.24) is 0 Å². The molecule has 1 unspecified atom stereocenters. The lowest BCUT2D eigenvalue weighted by Gasteiger charge is -2.31. The number of anilines is 2. The van der Waals surface area contributed by atoms with E-state index in [0.717, 1.165) is 0 Å². The van der Waals surface area contributed by atoms with Crippen molar-refractivity contribution in [3.05, 3.63) is 48.5 Å². The molecule has 2 aromatic rings. The van der Waals surface area contributed by atoms with Gasteiger partial charge in [0.1, 0.15) is 18.0 Å². The minimum Gasteiger partial charge on any atom is -0.497 e. The second-order valence-corrected chi connectivity index (χ2v) is 5.68. The Balaban J connectivity index is 1.81. The first kappa shape index (κ1) is 16.8. The smallest absolute Gasteiger partial charge is 0.268 e. The monoisotopic (exact) mass is 340 g/mol. The number of amides is 2. The van der Waals surface area contributed by atoms with Crippen LogP contribution in [0.25, 0.3) is 0 Å². The van der Waals surface area contributed by atoms with Crippen LogP contribution in [0.2, 0.25) is 0 Å². The normalized spacial score (nSPS) is 14.3. The minimum absolute atomic E-state index is 0.0156. The first-order chi connectivity index (χ1) is 12.1. The van der Waals surface area contributed by atoms with Crippen molar-refractivity contribution < 1.29 is 19.1 Å². The Morgan fingerprint density at radius 2 is 1.84 bits per heavy atom. The SMILES string of the molecule is CCC(Oc1ccc(OC)cc1)C(=O)N1CC(=O)Nc2ccccc21. The average molecular weight is 340 g/mol. The molecule has 6 nitrogen and oxygen atoms in total. The van der Waals surface area contributed by atoms with E-state index < -0.39 is 6.10 Å². The third-order valence-electron chi connectivity index (χ3n) is 4.02. The lowest BCUT2D eigenvalue weighted by Crippen LogP contribution is -2.48. The number of benzene rings is 2. The van der Waals surface area contributed by atoms with Crippen LogP contribution in [0.3, 0.4) is 0 Å². The first-order valence-corrected chi connectivity index (χ1v) is 8.13. The largest absolute Gasteiger partial charge is 0.497 e. The highest BCUT2D eigenvalue weighted by atomic mass is 16.5. The molecule has 0 saturated carbocycles. The van der Waals surface area contributed by atoms with Gasteiger partial charge in [0.05, 0.1) is 18.5 Å². The van der Waals surface area contributed by atoms with Gasteiger partial charge < -0.3 is 14.8 Å². The Morgan fingerprint density at radius 1 is 1.16 bits per heavy atom. The highest BCUT2D eigenvalue weighted by Gasteiger charge is 2.31. The van der Waals surface area contributed by atoms with Gasteiger partial charge in [-0.05, 0) is 42.8 Å². The van der Waals surface area contributed by atoms with E-state index in [1.165, 1.54) is 4.90 Å². The van der Waals surface area contributed by atoms with E-state index in [1.54, 1.807) is 37.4 Å². The van der Waals surface area contributed by atoms with E-state index in [1.807, 2.05) is 25.1 Å². The number of ether oxygens (including phenoxy) is 2. The predicted octanol–water partition coefficient (Wildman–Crippen LogP) is 2.84. The van der Waals surface area contributed by atoms with E-state index in [-0.39, 0.29) is 18.4 Å². The maximum atomic E-state index is 13.0. The van der Waals surface area contributed by atoms with Crippen molar-refractivity contribution in [3.63, 3.8) is 0 Å². The van der Waals surface area contributed by atoms with Gasteiger partial charge in [-0.3, -0.25) is 14.5 Å². The van der Waals surface area contributed by atoms with E-state index >= 15 is 0 Å². The van der Waals surface area contributed by atoms with Crippen LogP contribution < -0.4 is 19.7 Å². The van der Waals surface area contributed by atoms with Crippen molar-refractivity contribution in [2.24, 2.45) is 0 Å². The molecule has 6 heteroatoms. The van der Waals surface area contributed by atoms with Crippen molar-refractivity contribution in [1.29, 1.82) is 0 Å². The number of hydrogen-bond acceptors (Lipinski definition) is 4. The highest BCUT2D eigenvalue weighted by Crippen LogP contribution is 2.30. The van der Waals surface area contributed by atoms with Gasteiger partial charge >= 0.3 is 0 Å². The highest BCUT2D eigenvalue weighted by molar-refractivity contribution is 6.11. The van der Waals surface area contributed by atoms with Crippen LogP contribution in [0, 0.1) is 0 Å². The summed E-state index contributed by atoms with van der Waals surface area (Å²) < 4.78 is 11.0. The summed E-state index contributed by atoms with van der Waals surface area (Å²) in [4.78, 5) is 26.4. The minimum atomic E-state index is -0.674. The molecular weight excluding hydrogens is 320 g/mol. The van der Waals surface area contributed by atoms with Gasteiger partial charge in [-0.1, -0.05) is 19.1 Å². The van der Waals surface area contributed by atoms with E-state index in [4.69, 9.17) is 9.47 Å². The predicted molar refractivity (Wildman–Crippen MR) is 95.1 cm³/mol. The Labute approximate surface area is 146 Å². The topological polar surface area (TPSA) is 67.9 Å². The lowest BCUT2D eigenvalue weighted by atomic mass is 10.1. The van der Waals surface area contributed by atoms with Crippen LogP contribution in [0.4, 0.5) is 11.4 Å². The number of nitrogens with zero attached hydrogens (tertiary/aromatic N) is 1. The number of methoxy groups -OCH3 is 1. The van der Waals surface area contributed by atoms with Gasteiger partial charge in [0.15, 0.2) is 6.10 Å². The quantitative estimate of drug-likeness (QED) is 0.909. The number of hydrogen-bond donors (Lipinski definition) is 1. The Hall–Kier alpha value is -3.02. The zero-order valence-electron chi connectivity index (χ0n) is 14.2. The fourth-order valence-electron chi connectivity index (χ4n) is 2.73. The average Bonchev–Trinajstić information content (AvgIpc) is 2.65. The van der Waals surface area contributed by atoms with Crippen molar-refractivity contribution in [2.45, 2.75) is 19.4 Å². The van der Waals surface area contributed by atoms with Gasteiger partial charge in [-0.2, -0.15) is 0 Å². The molecule has 2 amide bonds. The Morgan fingerprint density at radius 3 is 2.52 bits per heavy atom. The third-order valence-corrected chi connectivity index (χ3v) is 4.02. The number of carbonyl (C=O) groups excluding carboxylic acids is 2. The van der Waals surface area contributed by atoms with Crippen LogP contribution in [-0.4, -0.2) is 31.6 Å². The zero-order valence-corrected chi connectivity index (χ0v) is 14.2. The second-order valence-electron chi connectivity index (χ2n) is 5.68. The maximum Gasteiger partial charge on any atom is 0.268 e. The summed E-state index contributed by atoms with van der Waals surface area (Å²) in [5, 5.41) is 2.78. The Kier molecular flexibility index (Phi) is 4.88. The van der Waals surface area contributed by atoms with Crippen molar-refractivity contribution >= 4 is 23.2 Å². The molecule has 0 spiro atoms. The van der Waals surface area contributed by atoms with Gasteiger partial charge in [-0.25, -0.2) is 0 Å². The third kappa shape index (κ3) is 3.57. The van der Waals surface area contributed by atoms with Gasteiger partial charge in [0.2, 0.25) is 5.91 Å².